The molecule has 4 rings (SSSR count). The number of aliphatic hydroxyl groups is 2. The van der Waals surface area contributed by atoms with Crippen LogP contribution in [0.25, 0.3) is 0 Å². The monoisotopic (exact) mass is 343 g/mol. The summed E-state index contributed by atoms with van der Waals surface area (Å²) < 4.78 is 0. The number of allylic oxidation sites excluding steroid dienone is 2. The van der Waals surface area contributed by atoms with Crippen LogP contribution in [0, 0.1) is 45.8 Å². The fourth-order valence-corrected chi connectivity index (χ4v) is 7.71. The standard InChI is InChI=1S/C22H33NO2/c1-20(25)10-11-22(14-24)16(13-20)3-5-17-18-6-4-15(8-12-23)21(18,2)9-7-19(17)22/h8,16-19,24-25H,3-7,9-11,13-14H2,1-2H3/b15-8-/t16?,17-,18-,19-,20+,21?,22?/m0/s1. The minimum absolute atomic E-state index is 0.0359. The zero-order valence-corrected chi connectivity index (χ0v) is 15.8. The van der Waals surface area contributed by atoms with E-state index in [1.54, 1.807) is 0 Å². The Morgan fingerprint density at radius 2 is 1.92 bits per heavy atom. The van der Waals surface area contributed by atoms with Crippen LogP contribution in [0.1, 0.15) is 71.6 Å². The number of hydrogen-bond acceptors (Lipinski definition) is 3. The van der Waals surface area contributed by atoms with E-state index in [0.717, 1.165) is 38.5 Å². The van der Waals surface area contributed by atoms with Crippen molar-refractivity contribution in [1.29, 1.82) is 5.26 Å². The van der Waals surface area contributed by atoms with E-state index in [1.165, 1.54) is 24.8 Å². The van der Waals surface area contributed by atoms with Crippen molar-refractivity contribution in [2.24, 2.45) is 34.5 Å². The predicted octanol–water partition coefficient (Wildman–Crippen LogP) is 4.20. The summed E-state index contributed by atoms with van der Waals surface area (Å²) in [5.74, 6) is 2.45. The van der Waals surface area contributed by atoms with Crippen LogP contribution < -0.4 is 0 Å². The van der Waals surface area contributed by atoms with Gasteiger partial charge in [0.2, 0.25) is 0 Å². The average molecular weight is 344 g/mol. The van der Waals surface area contributed by atoms with Crippen LogP contribution >= 0.6 is 0 Å². The van der Waals surface area contributed by atoms with Crippen molar-refractivity contribution in [1.82, 2.24) is 0 Å². The quantitative estimate of drug-likeness (QED) is 0.701. The van der Waals surface area contributed by atoms with Crippen LogP contribution in [0.3, 0.4) is 0 Å². The molecule has 0 spiro atoms. The Kier molecular flexibility index (Phi) is 4.09. The third kappa shape index (κ3) is 2.44. The highest BCUT2D eigenvalue weighted by Gasteiger charge is 2.61. The first-order chi connectivity index (χ1) is 11.9. The van der Waals surface area contributed by atoms with Gasteiger partial charge in [0.05, 0.1) is 11.7 Å². The molecule has 3 unspecified atom stereocenters. The maximum absolute atomic E-state index is 10.6. The zero-order valence-electron chi connectivity index (χ0n) is 15.8. The van der Waals surface area contributed by atoms with E-state index in [1.807, 2.05) is 13.0 Å². The number of aliphatic hydroxyl groups excluding tert-OH is 1. The Hall–Kier alpha value is -0.850. The lowest BCUT2D eigenvalue weighted by atomic mass is 9.44. The van der Waals surface area contributed by atoms with Gasteiger partial charge in [-0.25, -0.2) is 0 Å². The summed E-state index contributed by atoms with van der Waals surface area (Å²) >= 11 is 0. The summed E-state index contributed by atoms with van der Waals surface area (Å²) in [5, 5.41) is 30.2. The van der Waals surface area contributed by atoms with Crippen LogP contribution in [0.5, 0.6) is 0 Å². The Morgan fingerprint density at radius 1 is 1.12 bits per heavy atom. The molecule has 0 radical (unpaired) electrons. The Balaban J connectivity index is 1.65. The average Bonchev–Trinajstić information content (AvgIpc) is 2.91. The molecule has 4 saturated carbocycles. The van der Waals surface area contributed by atoms with Crippen molar-refractivity contribution in [3.05, 3.63) is 11.6 Å². The lowest BCUT2D eigenvalue weighted by Gasteiger charge is -2.62. The van der Waals surface area contributed by atoms with Gasteiger partial charge in [-0.2, -0.15) is 5.26 Å². The van der Waals surface area contributed by atoms with Gasteiger partial charge in [-0.3, -0.25) is 0 Å². The molecule has 0 aromatic carbocycles. The Bertz CT molecular complexity index is 618. The fourth-order valence-electron chi connectivity index (χ4n) is 7.71. The third-order valence-corrected chi connectivity index (χ3v) is 9.03. The van der Waals surface area contributed by atoms with E-state index in [2.05, 4.69) is 13.0 Å². The number of nitriles is 1. The van der Waals surface area contributed by atoms with Gasteiger partial charge >= 0.3 is 0 Å². The maximum Gasteiger partial charge on any atom is 0.0911 e. The molecule has 4 aliphatic carbocycles. The van der Waals surface area contributed by atoms with Gasteiger partial charge in [0, 0.05) is 12.7 Å². The van der Waals surface area contributed by atoms with E-state index in [4.69, 9.17) is 5.26 Å². The number of rotatable bonds is 1. The summed E-state index contributed by atoms with van der Waals surface area (Å²) in [4.78, 5) is 0. The number of fused-ring (bicyclic) bond motifs is 5. The second-order valence-corrected chi connectivity index (χ2v) is 10.0. The van der Waals surface area contributed by atoms with E-state index in [-0.39, 0.29) is 10.8 Å². The smallest absolute Gasteiger partial charge is 0.0911 e. The molecular weight excluding hydrogens is 310 g/mol. The van der Waals surface area contributed by atoms with Crippen LogP contribution in [-0.4, -0.2) is 22.4 Å². The predicted molar refractivity (Wildman–Crippen MR) is 97.5 cm³/mol. The normalized spacial score (nSPS) is 53.6. The van der Waals surface area contributed by atoms with Gasteiger partial charge < -0.3 is 10.2 Å². The number of nitrogens with zero attached hydrogens (tertiary/aromatic N) is 1. The lowest BCUT2D eigenvalue weighted by Crippen LogP contribution is -2.57. The Morgan fingerprint density at radius 3 is 2.64 bits per heavy atom. The first-order valence-electron chi connectivity index (χ1n) is 10.3. The highest BCUT2D eigenvalue weighted by Crippen LogP contribution is 2.67. The van der Waals surface area contributed by atoms with Gasteiger partial charge in [0.1, 0.15) is 0 Å². The molecule has 0 aliphatic heterocycles. The molecule has 4 aliphatic rings. The highest BCUT2D eigenvalue weighted by molar-refractivity contribution is 5.28. The minimum Gasteiger partial charge on any atom is -0.396 e. The third-order valence-electron chi connectivity index (χ3n) is 9.03. The van der Waals surface area contributed by atoms with E-state index in [0.29, 0.717) is 30.3 Å². The molecule has 0 aromatic heterocycles. The van der Waals surface area contributed by atoms with Crippen LogP contribution in [-0.2, 0) is 0 Å². The second kappa shape index (κ2) is 5.83. The fraction of sp³-hybridized carbons (Fsp3) is 0.864. The minimum atomic E-state index is -0.546. The molecular formula is C22H33NO2. The summed E-state index contributed by atoms with van der Waals surface area (Å²) in [6, 6.07) is 2.28. The largest absolute Gasteiger partial charge is 0.396 e. The van der Waals surface area contributed by atoms with E-state index in [9.17, 15) is 10.2 Å². The van der Waals surface area contributed by atoms with Gasteiger partial charge in [-0.1, -0.05) is 12.5 Å². The second-order valence-electron chi connectivity index (χ2n) is 10.0. The van der Waals surface area contributed by atoms with Crippen molar-refractivity contribution in [2.75, 3.05) is 6.61 Å². The van der Waals surface area contributed by atoms with Gasteiger partial charge in [0.15, 0.2) is 0 Å². The molecule has 0 amide bonds. The molecule has 2 N–H and O–H groups in total. The lowest BCUT2D eigenvalue weighted by molar-refractivity contribution is -0.164. The summed E-state index contributed by atoms with van der Waals surface area (Å²) in [6.45, 7) is 4.67. The van der Waals surface area contributed by atoms with Gasteiger partial charge in [-0.15, -0.1) is 0 Å². The van der Waals surface area contributed by atoms with E-state index >= 15 is 0 Å². The summed E-state index contributed by atoms with van der Waals surface area (Å²) in [5.41, 5.74) is 1.08. The molecule has 0 aromatic rings. The zero-order chi connectivity index (χ0) is 17.9. The molecule has 7 atom stereocenters. The van der Waals surface area contributed by atoms with Crippen LogP contribution in [0.2, 0.25) is 0 Å². The molecule has 3 heteroatoms. The molecule has 25 heavy (non-hydrogen) atoms. The van der Waals surface area contributed by atoms with Crippen molar-refractivity contribution in [3.63, 3.8) is 0 Å². The first-order valence-corrected chi connectivity index (χ1v) is 10.3. The maximum atomic E-state index is 10.6. The van der Waals surface area contributed by atoms with Crippen molar-refractivity contribution in [3.8, 4) is 6.07 Å². The molecule has 0 heterocycles. The SMILES string of the molecule is CC12CC[C@H]3[C@@H](CCC4C[C@](C)(O)CCC43CO)[C@@H]1CC/C2=C/C#N. The molecule has 3 nitrogen and oxygen atoms in total. The highest BCUT2D eigenvalue weighted by atomic mass is 16.3. The van der Waals surface area contributed by atoms with Crippen molar-refractivity contribution >= 4 is 0 Å². The molecule has 0 bridgehead atoms. The Labute approximate surface area is 152 Å². The summed E-state index contributed by atoms with van der Waals surface area (Å²) in [6.07, 6.45) is 11.5. The molecule has 0 saturated heterocycles. The molecule has 138 valence electrons. The van der Waals surface area contributed by atoms with Gasteiger partial charge in [-0.05, 0) is 99.2 Å². The van der Waals surface area contributed by atoms with Crippen molar-refractivity contribution < 1.29 is 10.2 Å². The van der Waals surface area contributed by atoms with Crippen LogP contribution in [0.4, 0.5) is 0 Å². The first kappa shape index (κ1) is 17.6. The van der Waals surface area contributed by atoms with E-state index < -0.39 is 5.60 Å². The van der Waals surface area contributed by atoms with Crippen molar-refractivity contribution in [2.45, 2.75) is 77.2 Å². The number of hydrogen-bond donors (Lipinski definition) is 2. The topological polar surface area (TPSA) is 64.2 Å². The summed E-state index contributed by atoms with van der Waals surface area (Å²) in [7, 11) is 0. The van der Waals surface area contributed by atoms with Gasteiger partial charge in [0.25, 0.3) is 0 Å². The molecule has 4 fully saturated rings. The van der Waals surface area contributed by atoms with Crippen LogP contribution in [0.15, 0.2) is 11.6 Å².